The molecular formula is C25H24N2O5. The third kappa shape index (κ3) is 4.13. The van der Waals surface area contributed by atoms with Gasteiger partial charge in [-0.2, -0.15) is 0 Å². The highest BCUT2D eigenvalue weighted by molar-refractivity contribution is 6.47. The molecule has 0 saturated carbocycles. The van der Waals surface area contributed by atoms with Crippen molar-refractivity contribution in [2.24, 2.45) is 5.73 Å². The third-order valence-electron chi connectivity index (χ3n) is 5.01. The summed E-state index contributed by atoms with van der Waals surface area (Å²) in [6.45, 7) is 3.59. The lowest BCUT2D eigenvalue weighted by Gasteiger charge is -2.26. The zero-order valence-electron chi connectivity index (χ0n) is 17.8. The standard InChI is InChI=1S/C25H24N2O5/c1-4-5-7-12-20(26)27-22(17-13-14-18(31-2)19(15-17)32-3)21(24(29)25(27)30)23(28)16-10-8-6-9-11-16/h4-15,22,28H,1,26H2,2-3H3/b7-5-,20-12+,23-21?. The van der Waals surface area contributed by atoms with Crippen molar-refractivity contribution in [3.05, 3.63) is 102 Å². The van der Waals surface area contributed by atoms with E-state index in [1.54, 1.807) is 66.8 Å². The number of aliphatic hydroxyl groups is 1. The van der Waals surface area contributed by atoms with Crippen molar-refractivity contribution in [2.75, 3.05) is 14.2 Å². The molecule has 1 amide bonds. The van der Waals surface area contributed by atoms with Crippen molar-refractivity contribution in [2.45, 2.75) is 6.04 Å². The smallest absolute Gasteiger partial charge is 0.301 e. The van der Waals surface area contributed by atoms with E-state index in [2.05, 4.69) is 6.58 Å². The number of carbonyl (C=O) groups excluding carboxylic acids is 2. The lowest BCUT2D eigenvalue weighted by Crippen LogP contribution is -2.32. The summed E-state index contributed by atoms with van der Waals surface area (Å²) in [5.41, 5.74) is 7.05. The number of benzene rings is 2. The number of Topliss-reactive ketones (excluding diaryl/α,β-unsaturated/α-hetero) is 1. The van der Waals surface area contributed by atoms with Gasteiger partial charge in [0.25, 0.3) is 5.78 Å². The molecule has 2 aromatic carbocycles. The summed E-state index contributed by atoms with van der Waals surface area (Å²) in [7, 11) is 2.99. The highest BCUT2D eigenvalue weighted by Crippen LogP contribution is 2.42. The minimum atomic E-state index is -0.969. The van der Waals surface area contributed by atoms with Gasteiger partial charge in [0.2, 0.25) is 0 Å². The van der Waals surface area contributed by atoms with Gasteiger partial charge in [0.05, 0.1) is 25.8 Å². The van der Waals surface area contributed by atoms with Crippen LogP contribution >= 0.6 is 0 Å². The van der Waals surface area contributed by atoms with Gasteiger partial charge >= 0.3 is 5.91 Å². The van der Waals surface area contributed by atoms with Gasteiger partial charge in [-0.15, -0.1) is 0 Å². The zero-order chi connectivity index (χ0) is 23.3. The number of amides is 1. The molecule has 1 saturated heterocycles. The van der Waals surface area contributed by atoms with Gasteiger partial charge in [-0.1, -0.05) is 61.2 Å². The SMILES string of the molecule is C=C/C=C\C=C(/N)N1C(=O)C(=O)C(=C(O)c2ccccc2)C1c1ccc(OC)c(OC)c1. The Balaban J connectivity index is 2.26. The molecule has 1 unspecified atom stereocenters. The summed E-state index contributed by atoms with van der Waals surface area (Å²) in [6, 6.07) is 12.6. The molecule has 2 aromatic rings. The molecule has 0 spiro atoms. The van der Waals surface area contributed by atoms with Crippen molar-refractivity contribution < 1.29 is 24.2 Å². The third-order valence-corrected chi connectivity index (χ3v) is 5.01. The van der Waals surface area contributed by atoms with Crippen LogP contribution in [0.1, 0.15) is 17.2 Å². The van der Waals surface area contributed by atoms with Crippen LogP contribution in [0.25, 0.3) is 5.76 Å². The Hall–Kier alpha value is -4.26. The van der Waals surface area contributed by atoms with Crippen molar-refractivity contribution >= 4 is 17.4 Å². The number of hydrogen-bond acceptors (Lipinski definition) is 6. The molecular weight excluding hydrogens is 408 g/mol. The van der Waals surface area contributed by atoms with E-state index in [1.165, 1.54) is 20.3 Å². The van der Waals surface area contributed by atoms with Crippen molar-refractivity contribution in [1.82, 2.24) is 4.90 Å². The van der Waals surface area contributed by atoms with Gasteiger partial charge in [-0.3, -0.25) is 14.5 Å². The van der Waals surface area contributed by atoms with Crippen LogP contribution in [-0.2, 0) is 9.59 Å². The number of methoxy groups -OCH3 is 2. The number of hydrogen-bond donors (Lipinski definition) is 2. The highest BCUT2D eigenvalue weighted by Gasteiger charge is 2.47. The average Bonchev–Trinajstić information content (AvgIpc) is 3.09. The number of allylic oxidation sites excluding steroid dienone is 4. The molecule has 0 radical (unpaired) electrons. The number of carbonyl (C=O) groups is 2. The van der Waals surface area contributed by atoms with E-state index in [1.807, 2.05) is 0 Å². The van der Waals surface area contributed by atoms with Crippen molar-refractivity contribution in [3.63, 3.8) is 0 Å². The summed E-state index contributed by atoms with van der Waals surface area (Å²) < 4.78 is 10.7. The Bertz CT molecular complexity index is 1130. The van der Waals surface area contributed by atoms with Crippen molar-refractivity contribution in [1.29, 1.82) is 0 Å². The number of rotatable bonds is 7. The molecule has 32 heavy (non-hydrogen) atoms. The van der Waals surface area contributed by atoms with E-state index in [-0.39, 0.29) is 17.2 Å². The van der Waals surface area contributed by atoms with Crippen LogP contribution in [-0.4, -0.2) is 35.9 Å². The van der Waals surface area contributed by atoms with E-state index in [0.29, 0.717) is 22.6 Å². The van der Waals surface area contributed by atoms with Gasteiger partial charge < -0.3 is 20.3 Å². The number of ketones is 1. The van der Waals surface area contributed by atoms with E-state index in [0.717, 1.165) is 4.90 Å². The first-order valence-corrected chi connectivity index (χ1v) is 9.77. The summed E-state index contributed by atoms with van der Waals surface area (Å²) in [5, 5.41) is 11.0. The maximum Gasteiger partial charge on any atom is 0.301 e. The molecule has 164 valence electrons. The molecule has 1 aliphatic heterocycles. The minimum absolute atomic E-state index is 0.0390. The molecule has 1 aliphatic rings. The molecule has 7 nitrogen and oxygen atoms in total. The van der Waals surface area contributed by atoms with E-state index in [9.17, 15) is 14.7 Å². The fourth-order valence-electron chi connectivity index (χ4n) is 3.50. The number of nitrogens with zero attached hydrogens (tertiary/aromatic N) is 1. The highest BCUT2D eigenvalue weighted by atomic mass is 16.5. The Morgan fingerprint density at radius 1 is 1.06 bits per heavy atom. The predicted molar refractivity (Wildman–Crippen MR) is 122 cm³/mol. The lowest BCUT2D eigenvalue weighted by molar-refractivity contribution is -0.138. The summed E-state index contributed by atoms with van der Waals surface area (Å²) >= 11 is 0. The molecule has 3 rings (SSSR count). The predicted octanol–water partition coefficient (Wildman–Crippen LogP) is 3.67. The number of likely N-dealkylation sites (tertiary alicyclic amines) is 1. The number of aliphatic hydroxyl groups excluding tert-OH is 1. The van der Waals surface area contributed by atoms with Gasteiger partial charge in [0, 0.05) is 5.56 Å². The lowest BCUT2D eigenvalue weighted by atomic mass is 9.95. The first-order chi connectivity index (χ1) is 15.4. The summed E-state index contributed by atoms with van der Waals surface area (Å²) in [6.07, 6.45) is 6.28. The van der Waals surface area contributed by atoms with E-state index in [4.69, 9.17) is 15.2 Å². The van der Waals surface area contributed by atoms with Crippen LogP contribution < -0.4 is 15.2 Å². The molecule has 0 bridgehead atoms. The Morgan fingerprint density at radius 3 is 2.38 bits per heavy atom. The Labute approximate surface area is 186 Å². The second-order valence-corrected chi connectivity index (χ2v) is 6.86. The van der Waals surface area contributed by atoms with Crippen LogP contribution in [0.4, 0.5) is 0 Å². The van der Waals surface area contributed by atoms with Crippen LogP contribution in [0.5, 0.6) is 11.5 Å². The molecule has 1 fully saturated rings. The maximum absolute atomic E-state index is 13.0. The molecule has 3 N–H and O–H groups in total. The van der Waals surface area contributed by atoms with Gasteiger partial charge in [-0.05, 0) is 23.8 Å². The van der Waals surface area contributed by atoms with Crippen LogP contribution in [0.2, 0.25) is 0 Å². The van der Waals surface area contributed by atoms with Crippen LogP contribution in [0, 0.1) is 0 Å². The van der Waals surface area contributed by atoms with Gasteiger partial charge in [-0.25, -0.2) is 0 Å². The number of ether oxygens (including phenoxy) is 2. The van der Waals surface area contributed by atoms with Gasteiger partial charge in [0.15, 0.2) is 11.5 Å². The molecule has 0 aromatic heterocycles. The quantitative estimate of drug-likeness (QED) is 0.300. The fraction of sp³-hybridized carbons (Fsp3) is 0.120. The van der Waals surface area contributed by atoms with E-state index >= 15 is 0 Å². The summed E-state index contributed by atoms with van der Waals surface area (Å²) in [4.78, 5) is 27.2. The largest absolute Gasteiger partial charge is 0.507 e. The average molecular weight is 432 g/mol. The monoisotopic (exact) mass is 432 g/mol. The van der Waals surface area contributed by atoms with Crippen LogP contribution in [0.15, 0.2) is 90.8 Å². The Kier molecular flexibility index (Phi) is 6.80. The van der Waals surface area contributed by atoms with Gasteiger partial charge in [0.1, 0.15) is 11.6 Å². The van der Waals surface area contributed by atoms with Crippen LogP contribution in [0.3, 0.4) is 0 Å². The van der Waals surface area contributed by atoms with Crippen molar-refractivity contribution in [3.8, 4) is 11.5 Å². The van der Waals surface area contributed by atoms with E-state index < -0.39 is 17.7 Å². The molecule has 0 aliphatic carbocycles. The normalized spacial score (nSPS) is 18.2. The topological polar surface area (TPSA) is 102 Å². The molecule has 1 atom stereocenters. The fourth-order valence-corrected chi connectivity index (χ4v) is 3.50. The minimum Gasteiger partial charge on any atom is -0.507 e. The Morgan fingerprint density at radius 2 is 1.75 bits per heavy atom. The molecule has 1 heterocycles. The second-order valence-electron chi connectivity index (χ2n) is 6.86. The maximum atomic E-state index is 13.0. The number of nitrogens with two attached hydrogens (primary N) is 1. The molecule has 7 heteroatoms. The first kappa shape index (κ1) is 22.4. The second kappa shape index (κ2) is 9.70. The first-order valence-electron chi connectivity index (χ1n) is 9.77. The summed E-state index contributed by atoms with van der Waals surface area (Å²) in [5.74, 6) is -1.05. The zero-order valence-corrected chi connectivity index (χ0v) is 17.8.